The molecule has 1 N–H and O–H groups in total. The van der Waals surface area contributed by atoms with Gasteiger partial charge in [0.2, 0.25) is 5.91 Å². The molecule has 0 saturated carbocycles. The van der Waals surface area contributed by atoms with Gasteiger partial charge in [0.15, 0.2) is 0 Å². The second-order valence-corrected chi connectivity index (χ2v) is 3.92. The average Bonchev–Trinajstić information content (AvgIpc) is 2.16. The third-order valence-corrected chi connectivity index (χ3v) is 2.99. The van der Waals surface area contributed by atoms with E-state index >= 15 is 0 Å². The summed E-state index contributed by atoms with van der Waals surface area (Å²) >= 11 is 0. The van der Waals surface area contributed by atoms with E-state index in [4.69, 9.17) is 0 Å². The molecule has 1 saturated heterocycles. The molecule has 3 rings (SSSR count). The largest absolute Gasteiger partial charge is 0.348 e. The molecule has 0 radical (unpaired) electrons. The van der Waals surface area contributed by atoms with Gasteiger partial charge in [-0.25, -0.2) is 0 Å². The van der Waals surface area contributed by atoms with E-state index in [1.807, 2.05) is 18.2 Å². The molecule has 1 heterocycles. The monoisotopic (exact) mass is 185 g/mol. The molecule has 1 aliphatic carbocycles. The Hall–Kier alpha value is -1.57. The molecule has 1 amide bonds. The van der Waals surface area contributed by atoms with Crippen LogP contribution in [0.3, 0.4) is 0 Å². The van der Waals surface area contributed by atoms with Crippen LogP contribution in [0.4, 0.5) is 0 Å². The lowest BCUT2D eigenvalue weighted by Gasteiger charge is -2.44. The number of benzene rings is 1. The van der Waals surface area contributed by atoms with E-state index in [9.17, 15) is 4.79 Å². The SMILES string of the molecule is O=C1N[C@@H]2C=C(Cc3ccccc3)[C@H]12. The highest BCUT2D eigenvalue weighted by atomic mass is 16.2. The fourth-order valence-electron chi connectivity index (χ4n) is 2.16. The van der Waals surface area contributed by atoms with Gasteiger partial charge in [0, 0.05) is 0 Å². The first kappa shape index (κ1) is 7.80. The van der Waals surface area contributed by atoms with Gasteiger partial charge >= 0.3 is 0 Å². The lowest BCUT2D eigenvalue weighted by molar-refractivity contribution is -0.133. The molecule has 1 aromatic rings. The number of β-lactam (4-membered cyclic amide) rings is 1. The first-order valence-corrected chi connectivity index (χ1v) is 4.89. The van der Waals surface area contributed by atoms with Crippen LogP contribution in [-0.2, 0) is 11.2 Å². The highest BCUT2D eigenvalue weighted by molar-refractivity contribution is 5.92. The topological polar surface area (TPSA) is 29.1 Å². The van der Waals surface area contributed by atoms with Gasteiger partial charge in [-0.2, -0.15) is 0 Å². The van der Waals surface area contributed by atoms with Gasteiger partial charge in [-0.3, -0.25) is 4.79 Å². The van der Waals surface area contributed by atoms with Crippen LogP contribution >= 0.6 is 0 Å². The van der Waals surface area contributed by atoms with Gasteiger partial charge in [0.05, 0.1) is 12.0 Å². The van der Waals surface area contributed by atoms with Gasteiger partial charge in [0.25, 0.3) is 0 Å². The number of carbonyl (C=O) groups is 1. The van der Waals surface area contributed by atoms with E-state index in [2.05, 4.69) is 23.5 Å². The molecule has 2 atom stereocenters. The lowest BCUT2D eigenvalue weighted by Crippen LogP contribution is -2.63. The van der Waals surface area contributed by atoms with Crippen molar-refractivity contribution in [1.29, 1.82) is 0 Å². The maximum atomic E-state index is 11.1. The Bertz CT molecular complexity index is 408. The summed E-state index contributed by atoms with van der Waals surface area (Å²) in [5.74, 6) is 0.388. The summed E-state index contributed by atoms with van der Waals surface area (Å²) < 4.78 is 0. The molecule has 2 heteroatoms. The Morgan fingerprint density at radius 2 is 2.00 bits per heavy atom. The summed E-state index contributed by atoms with van der Waals surface area (Å²) in [7, 11) is 0. The van der Waals surface area contributed by atoms with Crippen molar-refractivity contribution in [2.75, 3.05) is 0 Å². The summed E-state index contributed by atoms with van der Waals surface area (Å²) in [6, 6.07) is 10.6. The van der Waals surface area contributed by atoms with Crippen LogP contribution in [0.2, 0.25) is 0 Å². The first-order chi connectivity index (χ1) is 6.84. The van der Waals surface area contributed by atoms with Crippen molar-refractivity contribution in [2.24, 2.45) is 5.92 Å². The van der Waals surface area contributed by atoms with Crippen molar-refractivity contribution < 1.29 is 4.79 Å². The summed E-state index contributed by atoms with van der Waals surface area (Å²) in [6.07, 6.45) is 3.09. The lowest BCUT2D eigenvalue weighted by atomic mass is 9.71. The van der Waals surface area contributed by atoms with Crippen molar-refractivity contribution in [3.05, 3.63) is 47.5 Å². The van der Waals surface area contributed by atoms with Crippen LogP contribution in [0.1, 0.15) is 5.56 Å². The average molecular weight is 185 g/mol. The number of hydrogen-bond donors (Lipinski definition) is 1. The van der Waals surface area contributed by atoms with Crippen LogP contribution in [0.15, 0.2) is 42.0 Å². The quantitative estimate of drug-likeness (QED) is 0.546. The van der Waals surface area contributed by atoms with Crippen LogP contribution in [0.5, 0.6) is 0 Å². The fraction of sp³-hybridized carbons (Fsp3) is 0.250. The molecular formula is C12H11NO. The molecule has 0 bridgehead atoms. The van der Waals surface area contributed by atoms with Crippen LogP contribution in [0, 0.1) is 5.92 Å². The minimum Gasteiger partial charge on any atom is -0.348 e. The van der Waals surface area contributed by atoms with Crippen molar-refractivity contribution in [3.8, 4) is 0 Å². The normalized spacial score (nSPS) is 28.0. The molecule has 0 spiro atoms. The highest BCUT2D eigenvalue weighted by Gasteiger charge is 2.46. The van der Waals surface area contributed by atoms with Gasteiger partial charge in [-0.15, -0.1) is 0 Å². The van der Waals surface area contributed by atoms with Gasteiger partial charge in [-0.1, -0.05) is 42.0 Å². The van der Waals surface area contributed by atoms with Crippen molar-refractivity contribution in [3.63, 3.8) is 0 Å². The van der Waals surface area contributed by atoms with E-state index in [1.54, 1.807) is 0 Å². The second kappa shape index (κ2) is 2.71. The molecule has 1 aromatic carbocycles. The first-order valence-electron chi connectivity index (χ1n) is 4.89. The van der Waals surface area contributed by atoms with E-state index in [-0.39, 0.29) is 11.8 Å². The molecule has 1 aliphatic heterocycles. The Kier molecular flexibility index (Phi) is 1.51. The van der Waals surface area contributed by atoms with Crippen LogP contribution in [0.25, 0.3) is 0 Å². The Morgan fingerprint density at radius 3 is 2.64 bits per heavy atom. The molecule has 14 heavy (non-hydrogen) atoms. The molecule has 70 valence electrons. The minimum atomic E-state index is 0.190. The van der Waals surface area contributed by atoms with Gasteiger partial charge in [-0.05, 0) is 12.0 Å². The number of hydrogen-bond acceptors (Lipinski definition) is 1. The standard InChI is InChI=1S/C12H11NO/c14-12-11-9(7-10(11)13-12)6-8-4-2-1-3-5-8/h1-5,7,10-11H,6H2,(H,13,14)/t10-,11+/m1/s1. The predicted octanol–water partition coefficient (Wildman–Crippen LogP) is 1.28. The van der Waals surface area contributed by atoms with Crippen molar-refractivity contribution in [2.45, 2.75) is 12.5 Å². The maximum absolute atomic E-state index is 11.1. The highest BCUT2D eigenvalue weighted by Crippen LogP contribution is 2.36. The second-order valence-electron chi connectivity index (χ2n) is 3.92. The zero-order valence-corrected chi connectivity index (χ0v) is 7.73. The summed E-state index contributed by atoms with van der Waals surface area (Å²) in [5, 5.41) is 2.84. The molecule has 2 nitrogen and oxygen atoms in total. The van der Waals surface area contributed by atoms with Crippen molar-refractivity contribution in [1.82, 2.24) is 5.32 Å². The summed E-state index contributed by atoms with van der Waals surface area (Å²) in [4.78, 5) is 11.1. The zero-order valence-electron chi connectivity index (χ0n) is 7.73. The third kappa shape index (κ3) is 1.00. The molecule has 0 aromatic heterocycles. The van der Waals surface area contributed by atoms with Crippen LogP contribution < -0.4 is 5.32 Å². The predicted molar refractivity (Wildman–Crippen MR) is 53.6 cm³/mol. The molecule has 2 aliphatic rings. The van der Waals surface area contributed by atoms with E-state index in [1.165, 1.54) is 11.1 Å². The smallest absolute Gasteiger partial charge is 0.230 e. The number of fused-ring (bicyclic) bond motifs is 1. The van der Waals surface area contributed by atoms with Crippen LogP contribution in [-0.4, -0.2) is 11.9 Å². The van der Waals surface area contributed by atoms with E-state index in [0.29, 0.717) is 6.04 Å². The van der Waals surface area contributed by atoms with E-state index in [0.717, 1.165) is 6.42 Å². The van der Waals surface area contributed by atoms with Gasteiger partial charge < -0.3 is 5.32 Å². The molecule has 1 fully saturated rings. The maximum Gasteiger partial charge on any atom is 0.230 e. The Morgan fingerprint density at radius 1 is 1.21 bits per heavy atom. The van der Waals surface area contributed by atoms with Crippen molar-refractivity contribution >= 4 is 5.91 Å². The summed E-state index contributed by atoms with van der Waals surface area (Å²) in [6.45, 7) is 0. The number of amides is 1. The minimum absolute atomic E-state index is 0.190. The number of nitrogens with one attached hydrogen (secondary N) is 1. The van der Waals surface area contributed by atoms with E-state index < -0.39 is 0 Å². The molecule has 0 unspecified atom stereocenters. The number of carbonyl (C=O) groups excluding carboxylic acids is 1. The van der Waals surface area contributed by atoms with Gasteiger partial charge in [0.1, 0.15) is 0 Å². The Balaban J connectivity index is 1.76. The third-order valence-electron chi connectivity index (χ3n) is 2.99. The number of rotatable bonds is 2. The summed E-state index contributed by atoms with van der Waals surface area (Å²) in [5.41, 5.74) is 2.57. The Labute approximate surface area is 82.6 Å². The fourth-order valence-corrected chi connectivity index (χ4v) is 2.16. The zero-order chi connectivity index (χ0) is 9.54. The molecular weight excluding hydrogens is 174 g/mol.